The van der Waals surface area contributed by atoms with Crippen molar-refractivity contribution in [2.75, 3.05) is 6.54 Å². The Morgan fingerprint density at radius 1 is 1.25 bits per heavy atom. The van der Waals surface area contributed by atoms with Crippen LogP contribution in [0.4, 0.5) is 0 Å². The minimum absolute atomic E-state index is 0.179. The summed E-state index contributed by atoms with van der Waals surface area (Å²) in [5.74, 6) is 0. The van der Waals surface area contributed by atoms with Gasteiger partial charge in [0.2, 0.25) is 0 Å². The van der Waals surface area contributed by atoms with Crippen molar-refractivity contribution in [1.82, 2.24) is 0 Å². The molecule has 1 unspecified atom stereocenters. The van der Waals surface area contributed by atoms with Crippen LogP contribution in [-0.2, 0) is 22.9 Å². The SMILES string of the molecule is CCC([NH-])(C[NH-])Cc1ccccc1.[Cl][Pt+2][Cl]. The van der Waals surface area contributed by atoms with Gasteiger partial charge in [-0.05, 0) is 12.0 Å². The summed E-state index contributed by atoms with van der Waals surface area (Å²) in [7, 11) is 9.75. The molecule has 0 aliphatic rings. The van der Waals surface area contributed by atoms with Gasteiger partial charge in [0.15, 0.2) is 0 Å². The number of halogens is 2. The number of nitrogens with one attached hydrogen (secondary N) is 2. The van der Waals surface area contributed by atoms with Gasteiger partial charge in [-0.3, -0.25) is 0 Å². The number of hydrogen-bond acceptors (Lipinski definition) is 0. The molecule has 0 aliphatic carbocycles. The molecule has 0 radical (unpaired) electrons. The molecule has 2 N–H and O–H groups in total. The molecule has 0 aromatic heterocycles. The molecule has 1 aromatic carbocycles. The summed E-state index contributed by atoms with van der Waals surface area (Å²) in [6.07, 6.45) is 1.43. The summed E-state index contributed by atoms with van der Waals surface area (Å²) in [5, 5.41) is 0. The molecular weight excluding hydrogens is 426 g/mol. The molecule has 5 heteroatoms. The van der Waals surface area contributed by atoms with E-state index in [1.165, 1.54) is 0 Å². The topological polar surface area (TPSA) is 47.6 Å². The van der Waals surface area contributed by atoms with Crippen LogP contribution in [0.15, 0.2) is 30.3 Å². The molecule has 0 spiro atoms. The fourth-order valence-electron chi connectivity index (χ4n) is 1.30. The average molecular weight is 442 g/mol. The van der Waals surface area contributed by atoms with E-state index in [-0.39, 0.29) is 6.54 Å². The summed E-state index contributed by atoms with van der Waals surface area (Å²) < 4.78 is 0. The summed E-state index contributed by atoms with van der Waals surface area (Å²) >= 11 is -0.472. The molecular formula is C11H16Cl2N2Pt. The number of hydrogen-bond donors (Lipinski definition) is 0. The van der Waals surface area contributed by atoms with Crippen molar-refractivity contribution in [3.63, 3.8) is 0 Å². The average Bonchev–Trinajstić information content (AvgIpc) is 2.31. The van der Waals surface area contributed by atoms with E-state index in [0.29, 0.717) is 6.42 Å². The second-order valence-electron chi connectivity index (χ2n) is 3.52. The van der Waals surface area contributed by atoms with E-state index in [2.05, 4.69) is 0 Å². The Labute approximate surface area is 114 Å². The van der Waals surface area contributed by atoms with Crippen molar-refractivity contribution in [2.45, 2.75) is 25.3 Å². The molecule has 16 heavy (non-hydrogen) atoms. The van der Waals surface area contributed by atoms with Gasteiger partial charge in [-0.25, -0.2) is 0 Å². The molecule has 2 nitrogen and oxygen atoms in total. The first kappa shape index (κ1) is 16.4. The van der Waals surface area contributed by atoms with E-state index in [1.807, 2.05) is 37.3 Å². The Hall–Kier alpha value is 0.408. The van der Waals surface area contributed by atoms with E-state index < -0.39 is 22.0 Å². The van der Waals surface area contributed by atoms with Gasteiger partial charge in [0, 0.05) is 0 Å². The molecule has 1 atom stereocenters. The molecule has 0 saturated heterocycles. The van der Waals surface area contributed by atoms with Crippen LogP contribution in [0, 0.1) is 0 Å². The third kappa shape index (κ3) is 6.88. The fourth-order valence-corrected chi connectivity index (χ4v) is 1.30. The van der Waals surface area contributed by atoms with Gasteiger partial charge < -0.3 is 11.5 Å². The standard InChI is InChI=1S/C11H16N2.2ClH.Pt/c1-2-11(13,9-12)8-10-6-4-3-5-7-10;;;/h3-7,12-13H,2,8-9H2,1H3;2*1H;/q-2;;;+4/p-2. The molecule has 0 saturated carbocycles. The molecule has 0 fully saturated rings. The van der Waals surface area contributed by atoms with Crippen LogP contribution in [0.3, 0.4) is 0 Å². The van der Waals surface area contributed by atoms with Crippen molar-refractivity contribution < 1.29 is 16.5 Å². The van der Waals surface area contributed by atoms with Crippen molar-refractivity contribution in [3.8, 4) is 0 Å². The molecule has 1 aromatic rings. The summed E-state index contributed by atoms with van der Waals surface area (Å²) in [6, 6.07) is 9.98. The maximum atomic E-state index is 7.97. The monoisotopic (exact) mass is 441 g/mol. The quantitative estimate of drug-likeness (QED) is 0.640. The van der Waals surface area contributed by atoms with Gasteiger partial charge in [-0.15, -0.1) is 5.54 Å². The number of benzene rings is 1. The zero-order chi connectivity index (χ0) is 12.4. The van der Waals surface area contributed by atoms with Crippen LogP contribution in [0.2, 0.25) is 0 Å². The predicted octanol–water partition coefficient (Wildman–Crippen LogP) is 4.86. The molecule has 0 amide bonds. The minimum atomic E-state index is -0.596. The van der Waals surface area contributed by atoms with Gasteiger partial charge in [0.1, 0.15) is 0 Å². The summed E-state index contributed by atoms with van der Waals surface area (Å²) in [4.78, 5) is 0. The summed E-state index contributed by atoms with van der Waals surface area (Å²) in [5.41, 5.74) is 15.8. The van der Waals surface area contributed by atoms with E-state index in [0.717, 1.165) is 12.0 Å². The van der Waals surface area contributed by atoms with E-state index >= 15 is 0 Å². The Morgan fingerprint density at radius 2 is 1.75 bits per heavy atom. The zero-order valence-corrected chi connectivity index (χ0v) is 12.9. The van der Waals surface area contributed by atoms with Gasteiger partial charge in [-0.2, -0.15) is 6.54 Å². The first-order valence-corrected chi connectivity index (χ1v) is 10.5. The molecule has 0 heterocycles. The fraction of sp³-hybridized carbons (Fsp3) is 0.455. The maximum absolute atomic E-state index is 7.97. The van der Waals surface area contributed by atoms with Crippen LogP contribution >= 0.6 is 18.8 Å². The predicted molar refractivity (Wildman–Crippen MR) is 68.4 cm³/mol. The third-order valence-corrected chi connectivity index (χ3v) is 2.40. The molecule has 0 bridgehead atoms. The van der Waals surface area contributed by atoms with Crippen molar-refractivity contribution in [2.24, 2.45) is 0 Å². The van der Waals surface area contributed by atoms with Crippen LogP contribution in [0.25, 0.3) is 11.5 Å². The van der Waals surface area contributed by atoms with Crippen molar-refractivity contribution in [1.29, 1.82) is 0 Å². The van der Waals surface area contributed by atoms with Crippen molar-refractivity contribution >= 4 is 18.8 Å². The van der Waals surface area contributed by atoms with Crippen LogP contribution in [0.5, 0.6) is 0 Å². The van der Waals surface area contributed by atoms with Gasteiger partial charge in [0.25, 0.3) is 0 Å². The molecule has 1 rings (SSSR count). The Balaban J connectivity index is 0.000000673. The first-order valence-electron chi connectivity index (χ1n) is 4.87. The van der Waals surface area contributed by atoms with E-state index in [4.69, 9.17) is 30.3 Å². The van der Waals surface area contributed by atoms with E-state index in [9.17, 15) is 0 Å². The second kappa shape index (κ2) is 9.44. The van der Waals surface area contributed by atoms with Crippen LogP contribution in [-0.4, -0.2) is 12.1 Å². The third-order valence-electron chi connectivity index (χ3n) is 2.40. The second-order valence-corrected chi connectivity index (χ2v) is 6.80. The first-order chi connectivity index (χ1) is 7.61. The van der Waals surface area contributed by atoms with Gasteiger partial charge >= 0.3 is 35.3 Å². The summed E-state index contributed by atoms with van der Waals surface area (Å²) in [6.45, 7) is 2.16. The van der Waals surface area contributed by atoms with E-state index in [1.54, 1.807) is 0 Å². The Morgan fingerprint density at radius 3 is 2.12 bits per heavy atom. The number of rotatable bonds is 4. The van der Waals surface area contributed by atoms with Crippen LogP contribution < -0.4 is 0 Å². The normalized spacial score (nSPS) is 13.8. The van der Waals surface area contributed by atoms with Gasteiger partial charge in [-0.1, -0.05) is 43.7 Å². The molecule has 0 aliphatic heterocycles. The molecule has 94 valence electrons. The Bertz CT molecular complexity index is 266. The van der Waals surface area contributed by atoms with Gasteiger partial charge in [0.05, 0.1) is 0 Å². The Kier molecular flexibility index (Phi) is 9.68. The van der Waals surface area contributed by atoms with Crippen LogP contribution in [0.1, 0.15) is 18.9 Å². The zero-order valence-electron chi connectivity index (χ0n) is 9.08. The van der Waals surface area contributed by atoms with Crippen molar-refractivity contribution in [3.05, 3.63) is 47.4 Å².